The second-order valence-corrected chi connectivity index (χ2v) is 9.42. The van der Waals surface area contributed by atoms with Crippen molar-refractivity contribution < 1.29 is 19.1 Å². The number of likely N-dealkylation sites (tertiary alicyclic amines) is 3. The molecule has 7 nitrogen and oxygen atoms in total. The Kier molecular flexibility index (Phi) is 7.23. The molecule has 3 fully saturated rings. The average Bonchev–Trinajstić information content (AvgIpc) is 3.38. The number of methoxy groups -OCH3 is 1. The van der Waals surface area contributed by atoms with Crippen molar-refractivity contribution in [3.05, 3.63) is 28.8 Å². The van der Waals surface area contributed by atoms with Gasteiger partial charge in [-0.05, 0) is 63.1 Å². The van der Waals surface area contributed by atoms with Gasteiger partial charge in [0.15, 0.2) is 0 Å². The first-order valence-corrected chi connectivity index (χ1v) is 12.1. The molecule has 0 spiro atoms. The molecule has 1 aromatic carbocycles. The van der Waals surface area contributed by atoms with E-state index in [2.05, 4.69) is 0 Å². The molecule has 0 N–H and O–H groups in total. The van der Waals surface area contributed by atoms with Crippen LogP contribution in [0.1, 0.15) is 55.3 Å². The van der Waals surface area contributed by atoms with Crippen molar-refractivity contribution in [3.8, 4) is 5.75 Å². The zero-order valence-electron chi connectivity index (χ0n) is 18.7. The molecule has 1 unspecified atom stereocenters. The van der Waals surface area contributed by atoms with Crippen LogP contribution in [0.15, 0.2) is 18.2 Å². The fourth-order valence-electron chi connectivity index (χ4n) is 5.18. The lowest BCUT2D eigenvalue weighted by molar-refractivity contribution is -0.150. The third-order valence-electron chi connectivity index (χ3n) is 7.01. The van der Waals surface area contributed by atoms with Crippen LogP contribution >= 0.6 is 11.6 Å². The average molecular weight is 462 g/mol. The molecule has 3 saturated heterocycles. The zero-order chi connectivity index (χ0) is 22.7. The number of piperidine rings is 2. The van der Waals surface area contributed by atoms with Crippen molar-refractivity contribution in [3.63, 3.8) is 0 Å². The Morgan fingerprint density at radius 3 is 2.25 bits per heavy atom. The summed E-state index contributed by atoms with van der Waals surface area (Å²) in [5.41, 5.74) is 0.442. The van der Waals surface area contributed by atoms with E-state index >= 15 is 0 Å². The maximum atomic E-state index is 13.4. The highest BCUT2D eigenvalue weighted by Gasteiger charge is 2.39. The third kappa shape index (κ3) is 4.72. The minimum atomic E-state index is -0.315. The van der Waals surface area contributed by atoms with E-state index < -0.39 is 0 Å². The number of hydrogen-bond donors (Lipinski definition) is 0. The molecular weight excluding hydrogens is 430 g/mol. The molecule has 0 aliphatic carbocycles. The number of ether oxygens (including phenoxy) is 1. The van der Waals surface area contributed by atoms with E-state index in [0.29, 0.717) is 48.8 Å². The molecule has 0 aromatic heterocycles. The van der Waals surface area contributed by atoms with Gasteiger partial charge < -0.3 is 19.4 Å². The third-order valence-corrected chi connectivity index (χ3v) is 7.25. The summed E-state index contributed by atoms with van der Waals surface area (Å²) < 4.78 is 5.32. The summed E-state index contributed by atoms with van der Waals surface area (Å²) in [6, 6.07) is 4.70. The summed E-state index contributed by atoms with van der Waals surface area (Å²) in [6.07, 6.45) is 6.01. The smallest absolute Gasteiger partial charge is 0.257 e. The predicted molar refractivity (Wildman–Crippen MR) is 122 cm³/mol. The van der Waals surface area contributed by atoms with Gasteiger partial charge in [-0.1, -0.05) is 11.6 Å². The summed E-state index contributed by atoms with van der Waals surface area (Å²) in [4.78, 5) is 45.0. The molecule has 0 bridgehead atoms. The standard InChI is InChI=1S/C24H32ClN3O4/c1-32-21-8-7-18(25)16-19(21)23(30)27-14-9-17(10-15-27)22(29)28-13-3-2-6-20(28)24(31)26-11-4-5-12-26/h7-8,16-17,20H,2-6,9-15H2,1H3. The Balaban J connectivity index is 1.39. The molecule has 32 heavy (non-hydrogen) atoms. The normalized spacial score (nSPS) is 22.2. The van der Waals surface area contributed by atoms with Gasteiger partial charge in [-0.2, -0.15) is 0 Å². The van der Waals surface area contributed by atoms with Crippen molar-refractivity contribution in [2.24, 2.45) is 5.92 Å². The number of amides is 3. The van der Waals surface area contributed by atoms with Gasteiger partial charge >= 0.3 is 0 Å². The number of carbonyl (C=O) groups excluding carboxylic acids is 3. The maximum Gasteiger partial charge on any atom is 0.257 e. The molecule has 3 heterocycles. The molecule has 3 aliphatic heterocycles. The second kappa shape index (κ2) is 10.1. The van der Waals surface area contributed by atoms with Crippen molar-refractivity contribution in [2.45, 2.75) is 51.0 Å². The number of halogens is 1. The SMILES string of the molecule is COc1ccc(Cl)cc1C(=O)N1CCC(C(=O)N2CCCCC2C(=O)N2CCCC2)CC1. The van der Waals surface area contributed by atoms with Gasteiger partial charge in [-0.3, -0.25) is 14.4 Å². The quantitative estimate of drug-likeness (QED) is 0.690. The first-order chi connectivity index (χ1) is 15.5. The van der Waals surface area contributed by atoms with Crippen LogP contribution in [0.4, 0.5) is 0 Å². The fourth-order valence-corrected chi connectivity index (χ4v) is 5.35. The molecule has 8 heteroatoms. The van der Waals surface area contributed by atoms with Gasteiger partial charge in [0.25, 0.3) is 5.91 Å². The highest BCUT2D eigenvalue weighted by Crippen LogP contribution is 2.29. The highest BCUT2D eigenvalue weighted by molar-refractivity contribution is 6.31. The Morgan fingerprint density at radius 2 is 1.56 bits per heavy atom. The van der Waals surface area contributed by atoms with Crippen LogP contribution in [0.2, 0.25) is 5.02 Å². The van der Waals surface area contributed by atoms with Gasteiger partial charge in [-0.25, -0.2) is 0 Å². The van der Waals surface area contributed by atoms with E-state index in [4.69, 9.17) is 16.3 Å². The molecule has 0 saturated carbocycles. The monoisotopic (exact) mass is 461 g/mol. The van der Waals surface area contributed by atoms with Gasteiger partial charge in [-0.15, -0.1) is 0 Å². The number of benzene rings is 1. The van der Waals surface area contributed by atoms with Crippen LogP contribution in [0, 0.1) is 5.92 Å². The molecule has 3 amide bonds. The first-order valence-electron chi connectivity index (χ1n) is 11.7. The lowest BCUT2D eigenvalue weighted by Gasteiger charge is -2.40. The van der Waals surface area contributed by atoms with Gasteiger partial charge in [0, 0.05) is 43.7 Å². The molecular formula is C24H32ClN3O4. The Labute approximate surface area is 194 Å². The summed E-state index contributed by atoms with van der Waals surface area (Å²) in [5, 5.41) is 0.484. The number of hydrogen-bond acceptors (Lipinski definition) is 4. The predicted octanol–water partition coefficient (Wildman–Crippen LogP) is 3.20. The van der Waals surface area contributed by atoms with Crippen molar-refractivity contribution in [2.75, 3.05) is 39.8 Å². The maximum absolute atomic E-state index is 13.4. The van der Waals surface area contributed by atoms with E-state index in [-0.39, 0.29) is 29.7 Å². The second-order valence-electron chi connectivity index (χ2n) is 8.99. The van der Waals surface area contributed by atoms with E-state index in [0.717, 1.165) is 45.2 Å². The number of rotatable bonds is 4. The lowest BCUT2D eigenvalue weighted by atomic mass is 9.92. The largest absolute Gasteiger partial charge is 0.496 e. The molecule has 3 aliphatic rings. The van der Waals surface area contributed by atoms with E-state index in [9.17, 15) is 14.4 Å². The van der Waals surface area contributed by atoms with Crippen molar-refractivity contribution in [1.29, 1.82) is 0 Å². The first kappa shape index (κ1) is 22.9. The number of nitrogens with zero attached hydrogens (tertiary/aromatic N) is 3. The summed E-state index contributed by atoms with van der Waals surface area (Å²) in [5.74, 6) is 0.419. The molecule has 4 rings (SSSR count). The van der Waals surface area contributed by atoms with Crippen LogP contribution in [0.5, 0.6) is 5.75 Å². The van der Waals surface area contributed by atoms with Gasteiger partial charge in [0.1, 0.15) is 11.8 Å². The van der Waals surface area contributed by atoms with Crippen LogP contribution < -0.4 is 4.74 Å². The van der Waals surface area contributed by atoms with Crippen LogP contribution in [-0.2, 0) is 9.59 Å². The van der Waals surface area contributed by atoms with Crippen molar-refractivity contribution >= 4 is 29.3 Å². The van der Waals surface area contributed by atoms with Gasteiger partial charge in [0.05, 0.1) is 12.7 Å². The summed E-state index contributed by atoms with van der Waals surface area (Å²) >= 11 is 6.09. The minimum Gasteiger partial charge on any atom is -0.496 e. The molecule has 1 atom stereocenters. The van der Waals surface area contributed by atoms with Crippen LogP contribution in [0.25, 0.3) is 0 Å². The lowest BCUT2D eigenvalue weighted by Crippen LogP contribution is -2.55. The molecule has 0 radical (unpaired) electrons. The van der Waals surface area contributed by atoms with Crippen LogP contribution in [0.3, 0.4) is 0 Å². The van der Waals surface area contributed by atoms with E-state index in [1.54, 1.807) is 23.1 Å². The van der Waals surface area contributed by atoms with E-state index in [1.807, 2.05) is 9.80 Å². The minimum absolute atomic E-state index is 0.0784. The Morgan fingerprint density at radius 1 is 0.875 bits per heavy atom. The molecule has 174 valence electrons. The van der Waals surface area contributed by atoms with E-state index in [1.165, 1.54) is 7.11 Å². The Bertz CT molecular complexity index is 863. The van der Waals surface area contributed by atoms with Crippen molar-refractivity contribution in [1.82, 2.24) is 14.7 Å². The topological polar surface area (TPSA) is 70.2 Å². The highest BCUT2D eigenvalue weighted by atomic mass is 35.5. The summed E-state index contributed by atoms with van der Waals surface area (Å²) in [6.45, 7) is 3.28. The van der Waals surface area contributed by atoms with Gasteiger partial charge in [0.2, 0.25) is 11.8 Å². The zero-order valence-corrected chi connectivity index (χ0v) is 19.5. The summed E-state index contributed by atoms with van der Waals surface area (Å²) in [7, 11) is 1.53. The Hall–Kier alpha value is -2.28. The molecule has 1 aromatic rings. The number of carbonyl (C=O) groups is 3. The van der Waals surface area contributed by atoms with Crippen LogP contribution in [-0.4, -0.2) is 78.3 Å². The fraction of sp³-hybridized carbons (Fsp3) is 0.625.